The zero-order valence-electron chi connectivity index (χ0n) is 13.5. The van der Waals surface area contributed by atoms with E-state index in [1.54, 1.807) is 6.07 Å². The van der Waals surface area contributed by atoms with Crippen molar-refractivity contribution in [1.29, 1.82) is 0 Å². The highest BCUT2D eigenvalue weighted by Gasteiger charge is 2.15. The van der Waals surface area contributed by atoms with Crippen LogP contribution in [0.1, 0.15) is 9.67 Å². The first-order chi connectivity index (χ1) is 12.6. The lowest BCUT2D eigenvalue weighted by molar-refractivity contribution is 0.102. The summed E-state index contributed by atoms with van der Waals surface area (Å²) in [5, 5.41) is 4.56. The van der Waals surface area contributed by atoms with Crippen LogP contribution in [0.3, 0.4) is 0 Å². The van der Waals surface area contributed by atoms with Gasteiger partial charge in [0.15, 0.2) is 0 Å². The number of carbonyl (C=O) groups is 1. The number of amides is 1. The number of halogens is 2. The van der Waals surface area contributed by atoms with Gasteiger partial charge in [-0.1, -0.05) is 42.5 Å². The summed E-state index contributed by atoms with van der Waals surface area (Å²) in [6.07, 6.45) is 0. The molecule has 4 rings (SSSR count). The molecule has 1 heterocycles. The molecule has 0 fully saturated rings. The molecule has 1 amide bonds. The second-order valence-electron chi connectivity index (χ2n) is 5.78. The fourth-order valence-electron chi connectivity index (χ4n) is 2.75. The van der Waals surface area contributed by atoms with Gasteiger partial charge in [0.25, 0.3) is 5.91 Å². The number of anilines is 1. The van der Waals surface area contributed by atoms with E-state index in [-0.39, 0.29) is 0 Å². The number of thiophene rings is 1. The van der Waals surface area contributed by atoms with E-state index in [2.05, 4.69) is 11.4 Å². The Hall–Kier alpha value is -3.05. The highest BCUT2D eigenvalue weighted by Crippen LogP contribution is 2.31. The lowest BCUT2D eigenvalue weighted by atomic mass is 10.1. The summed E-state index contributed by atoms with van der Waals surface area (Å²) in [5.74, 6) is -2.14. The molecule has 0 saturated carbocycles. The Morgan fingerprint density at radius 3 is 2.31 bits per heavy atom. The molecule has 5 heteroatoms. The van der Waals surface area contributed by atoms with Crippen LogP contribution in [0.4, 0.5) is 14.5 Å². The summed E-state index contributed by atoms with van der Waals surface area (Å²) in [5.41, 5.74) is 0.558. The van der Waals surface area contributed by atoms with Gasteiger partial charge in [-0.3, -0.25) is 4.79 Å². The van der Waals surface area contributed by atoms with E-state index >= 15 is 0 Å². The molecule has 0 aliphatic rings. The van der Waals surface area contributed by atoms with Crippen LogP contribution in [-0.2, 0) is 0 Å². The first-order valence-corrected chi connectivity index (χ1v) is 8.78. The first kappa shape index (κ1) is 16.4. The van der Waals surface area contributed by atoms with Gasteiger partial charge in [-0.25, -0.2) is 8.78 Å². The molecule has 2 nitrogen and oxygen atoms in total. The van der Waals surface area contributed by atoms with Gasteiger partial charge < -0.3 is 5.32 Å². The predicted octanol–water partition coefficient (Wildman–Crippen LogP) is 6.10. The van der Waals surface area contributed by atoms with E-state index in [4.69, 9.17) is 0 Å². The van der Waals surface area contributed by atoms with Gasteiger partial charge in [-0.05, 0) is 46.7 Å². The number of para-hydroxylation sites is 1. The summed E-state index contributed by atoms with van der Waals surface area (Å²) in [7, 11) is 0. The number of hydrogen-bond acceptors (Lipinski definition) is 2. The second kappa shape index (κ2) is 6.69. The predicted molar refractivity (Wildman–Crippen MR) is 102 cm³/mol. The molecule has 0 spiro atoms. The van der Waals surface area contributed by atoms with Crippen LogP contribution >= 0.6 is 11.3 Å². The molecule has 1 aromatic heterocycles. The Morgan fingerprint density at radius 2 is 1.54 bits per heavy atom. The quantitative estimate of drug-likeness (QED) is 0.467. The van der Waals surface area contributed by atoms with Crippen molar-refractivity contribution >= 4 is 33.7 Å². The SMILES string of the molecule is O=C(Nc1c(F)cccc1F)c1ccc(-c2ccc3ccccc3c2)s1. The lowest BCUT2D eigenvalue weighted by Crippen LogP contribution is -2.12. The second-order valence-corrected chi connectivity index (χ2v) is 6.86. The normalized spacial score (nSPS) is 10.8. The van der Waals surface area contributed by atoms with Crippen LogP contribution in [0, 0.1) is 11.6 Å². The van der Waals surface area contributed by atoms with Crippen LogP contribution in [0.5, 0.6) is 0 Å². The molecule has 0 radical (unpaired) electrons. The highest BCUT2D eigenvalue weighted by atomic mass is 32.1. The topological polar surface area (TPSA) is 29.1 Å². The first-order valence-electron chi connectivity index (χ1n) is 7.96. The molecule has 0 saturated heterocycles. The standard InChI is InChI=1S/C21H13F2NOS/c22-16-6-3-7-17(23)20(16)24-21(25)19-11-10-18(26-19)15-9-8-13-4-1-2-5-14(13)12-15/h1-12H,(H,24,25). The number of carbonyl (C=O) groups excluding carboxylic acids is 1. The van der Waals surface area contributed by atoms with Crippen molar-refractivity contribution in [3.63, 3.8) is 0 Å². The molecule has 4 aromatic rings. The fraction of sp³-hybridized carbons (Fsp3) is 0. The van der Waals surface area contributed by atoms with Crippen molar-refractivity contribution < 1.29 is 13.6 Å². The minimum atomic E-state index is -0.801. The highest BCUT2D eigenvalue weighted by molar-refractivity contribution is 7.17. The molecule has 1 N–H and O–H groups in total. The maximum Gasteiger partial charge on any atom is 0.265 e. The summed E-state index contributed by atoms with van der Waals surface area (Å²) < 4.78 is 27.4. The van der Waals surface area contributed by atoms with E-state index in [0.29, 0.717) is 4.88 Å². The van der Waals surface area contributed by atoms with Crippen LogP contribution in [-0.4, -0.2) is 5.91 Å². The molecule has 0 unspecified atom stereocenters. The molecular weight excluding hydrogens is 352 g/mol. The number of benzene rings is 3. The Morgan fingerprint density at radius 1 is 0.808 bits per heavy atom. The zero-order valence-corrected chi connectivity index (χ0v) is 14.3. The third-order valence-electron chi connectivity index (χ3n) is 4.07. The fourth-order valence-corrected chi connectivity index (χ4v) is 3.65. The van der Waals surface area contributed by atoms with E-state index in [1.165, 1.54) is 17.4 Å². The Balaban J connectivity index is 1.61. The van der Waals surface area contributed by atoms with E-state index < -0.39 is 23.2 Å². The maximum absolute atomic E-state index is 13.7. The summed E-state index contributed by atoms with van der Waals surface area (Å²) in [6, 6.07) is 21.1. The average molecular weight is 365 g/mol. The van der Waals surface area contributed by atoms with Crippen molar-refractivity contribution in [3.05, 3.63) is 89.3 Å². The van der Waals surface area contributed by atoms with Gasteiger partial charge in [0.05, 0.1) is 4.88 Å². The monoisotopic (exact) mass is 365 g/mol. The van der Waals surface area contributed by atoms with E-state index in [0.717, 1.165) is 33.3 Å². The van der Waals surface area contributed by atoms with Gasteiger partial charge in [0, 0.05) is 4.88 Å². The van der Waals surface area contributed by atoms with Gasteiger partial charge >= 0.3 is 0 Å². The number of hydrogen-bond donors (Lipinski definition) is 1. The van der Waals surface area contributed by atoms with Gasteiger partial charge in [0.1, 0.15) is 17.3 Å². The van der Waals surface area contributed by atoms with Crippen molar-refractivity contribution in [1.82, 2.24) is 0 Å². The molecule has 0 aliphatic heterocycles. The van der Waals surface area contributed by atoms with Crippen molar-refractivity contribution in [3.8, 4) is 10.4 Å². The minimum Gasteiger partial charge on any atom is -0.316 e. The zero-order chi connectivity index (χ0) is 18.1. The summed E-state index contributed by atoms with van der Waals surface area (Å²) >= 11 is 1.28. The smallest absolute Gasteiger partial charge is 0.265 e. The van der Waals surface area contributed by atoms with Crippen molar-refractivity contribution in [2.75, 3.05) is 5.32 Å². The largest absolute Gasteiger partial charge is 0.316 e. The molecular formula is C21H13F2NOS. The van der Waals surface area contributed by atoms with E-state index in [9.17, 15) is 13.6 Å². The van der Waals surface area contributed by atoms with Crippen molar-refractivity contribution in [2.24, 2.45) is 0 Å². The maximum atomic E-state index is 13.7. The van der Waals surface area contributed by atoms with Crippen LogP contribution in [0.15, 0.2) is 72.8 Å². The summed E-state index contributed by atoms with van der Waals surface area (Å²) in [6.45, 7) is 0. The molecule has 26 heavy (non-hydrogen) atoms. The van der Waals surface area contributed by atoms with Gasteiger partial charge in [-0.2, -0.15) is 0 Å². The molecule has 0 aliphatic carbocycles. The Labute approximate surface area is 152 Å². The molecule has 0 bridgehead atoms. The number of fused-ring (bicyclic) bond motifs is 1. The van der Waals surface area contributed by atoms with Crippen LogP contribution in [0.2, 0.25) is 0 Å². The third kappa shape index (κ3) is 3.09. The Bertz CT molecular complexity index is 1100. The van der Waals surface area contributed by atoms with Gasteiger partial charge in [-0.15, -0.1) is 11.3 Å². The van der Waals surface area contributed by atoms with Crippen LogP contribution < -0.4 is 5.32 Å². The number of rotatable bonds is 3. The molecule has 128 valence electrons. The lowest BCUT2D eigenvalue weighted by Gasteiger charge is -2.06. The number of nitrogens with one attached hydrogen (secondary N) is 1. The molecule has 3 aromatic carbocycles. The average Bonchev–Trinajstić information content (AvgIpc) is 3.15. The molecule has 0 atom stereocenters. The van der Waals surface area contributed by atoms with Gasteiger partial charge in [0.2, 0.25) is 0 Å². The summed E-state index contributed by atoms with van der Waals surface area (Å²) in [4.78, 5) is 13.6. The van der Waals surface area contributed by atoms with Crippen molar-refractivity contribution in [2.45, 2.75) is 0 Å². The van der Waals surface area contributed by atoms with E-state index in [1.807, 2.05) is 42.5 Å². The van der Waals surface area contributed by atoms with Crippen LogP contribution in [0.25, 0.3) is 21.2 Å². The minimum absolute atomic E-state index is 0.385. The Kier molecular flexibility index (Phi) is 4.22. The third-order valence-corrected chi connectivity index (χ3v) is 5.20.